The minimum absolute atomic E-state index is 0.412. The topological polar surface area (TPSA) is 69.2 Å². The minimum Gasteiger partial charge on any atom is -0.493 e. The van der Waals surface area contributed by atoms with E-state index in [1.807, 2.05) is 37.4 Å². The number of anilines is 1. The molecule has 2 aliphatic heterocycles. The summed E-state index contributed by atoms with van der Waals surface area (Å²) < 4.78 is 23.7. The Morgan fingerprint density at radius 2 is 1.97 bits per heavy atom. The lowest BCUT2D eigenvalue weighted by Crippen LogP contribution is -2.40. The van der Waals surface area contributed by atoms with Crippen molar-refractivity contribution < 1.29 is 18.9 Å². The van der Waals surface area contributed by atoms with Gasteiger partial charge in [0.05, 0.1) is 30.2 Å². The highest BCUT2D eigenvalue weighted by Crippen LogP contribution is 2.39. The van der Waals surface area contributed by atoms with Crippen molar-refractivity contribution in [2.24, 2.45) is 0 Å². The number of methoxy groups -OCH3 is 1. The summed E-state index contributed by atoms with van der Waals surface area (Å²) in [6.45, 7) is 3.25. The Labute approximate surface area is 194 Å². The zero-order valence-corrected chi connectivity index (χ0v) is 19.4. The van der Waals surface area contributed by atoms with Crippen LogP contribution >= 0.6 is 0 Å². The van der Waals surface area contributed by atoms with Crippen LogP contribution in [0.4, 0.5) is 5.69 Å². The summed E-state index contributed by atoms with van der Waals surface area (Å²) in [4.78, 5) is 13.4. The Morgan fingerprint density at radius 3 is 2.82 bits per heavy atom. The van der Waals surface area contributed by atoms with Crippen LogP contribution in [0.3, 0.4) is 0 Å². The number of ether oxygens (including phenoxy) is 4. The summed E-state index contributed by atoms with van der Waals surface area (Å²) in [5.41, 5.74) is 1.74. The Morgan fingerprint density at radius 1 is 1.06 bits per heavy atom. The number of likely N-dealkylation sites (tertiary alicyclic amines) is 1. The highest BCUT2D eigenvalue weighted by molar-refractivity contribution is 5.87. The molecule has 1 aromatic heterocycles. The summed E-state index contributed by atoms with van der Waals surface area (Å²) in [5.74, 6) is 3.33. The molecule has 174 valence electrons. The average molecular weight is 451 g/mol. The lowest BCUT2D eigenvalue weighted by atomic mass is 10.0. The molecular weight excluding hydrogens is 420 g/mol. The Balaban J connectivity index is 1.41. The largest absolute Gasteiger partial charge is 0.493 e. The maximum absolute atomic E-state index is 6.19. The molecule has 5 rings (SSSR count). The molecule has 8 nitrogen and oxygen atoms in total. The van der Waals surface area contributed by atoms with Crippen LogP contribution in [0.25, 0.3) is 10.9 Å². The third-order valence-electron chi connectivity index (χ3n) is 6.48. The SMILES string of the molecule is COc1cc2c(Oc3ccc4c(c3)N(C)CCO4)ncnc2cc1OCC1CCCCN1C. The number of benzene rings is 2. The van der Waals surface area contributed by atoms with Crippen LogP contribution < -0.4 is 23.8 Å². The molecule has 8 heteroatoms. The summed E-state index contributed by atoms with van der Waals surface area (Å²) in [6.07, 6.45) is 5.15. The monoisotopic (exact) mass is 450 g/mol. The molecule has 0 amide bonds. The van der Waals surface area contributed by atoms with Gasteiger partial charge in [-0.05, 0) is 44.6 Å². The zero-order chi connectivity index (χ0) is 22.8. The Kier molecular flexibility index (Phi) is 6.09. The van der Waals surface area contributed by atoms with Crippen LogP contribution in [0.5, 0.6) is 28.9 Å². The fraction of sp³-hybridized carbons (Fsp3) is 0.440. The number of likely N-dealkylation sites (N-methyl/N-ethyl adjacent to an activating group) is 2. The van der Waals surface area contributed by atoms with Crippen molar-refractivity contribution in [1.82, 2.24) is 14.9 Å². The van der Waals surface area contributed by atoms with Gasteiger partial charge in [-0.25, -0.2) is 9.97 Å². The highest BCUT2D eigenvalue weighted by Gasteiger charge is 2.21. The van der Waals surface area contributed by atoms with Crippen molar-refractivity contribution in [3.63, 3.8) is 0 Å². The molecule has 1 atom stereocenters. The zero-order valence-electron chi connectivity index (χ0n) is 19.4. The van der Waals surface area contributed by atoms with Gasteiger partial charge in [0, 0.05) is 25.2 Å². The second kappa shape index (κ2) is 9.31. The van der Waals surface area contributed by atoms with Gasteiger partial charge in [0.2, 0.25) is 5.88 Å². The third kappa shape index (κ3) is 4.48. The van der Waals surface area contributed by atoms with Crippen molar-refractivity contribution in [2.75, 3.05) is 52.4 Å². The maximum atomic E-state index is 6.19. The molecule has 0 spiro atoms. The minimum atomic E-state index is 0.412. The summed E-state index contributed by atoms with van der Waals surface area (Å²) in [7, 11) is 5.85. The summed E-state index contributed by atoms with van der Waals surface area (Å²) in [5, 5.41) is 0.763. The van der Waals surface area contributed by atoms with Gasteiger partial charge in [-0.3, -0.25) is 0 Å². The molecule has 1 fully saturated rings. The number of nitrogens with zero attached hydrogens (tertiary/aromatic N) is 4. The van der Waals surface area contributed by atoms with Crippen molar-refractivity contribution >= 4 is 16.6 Å². The summed E-state index contributed by atoms with van der Waals surface area (Å²) in [6, 6.07) is 9.99. The van der Waals surface area contributed by atoms with Crippen molar-refractivity contribution in [2.45, 2.75) is 25.3 Å². The van der Waals surface area contributed by atoms with Crippen molar-refractivity contribution in [1.29, 1.82) is 0 Å². The second-order valence-corrected chi connectivity index (χ2v) is 8.64. The van der Waals surface area contributed by atoms with Gasteiger partial charge in [-0.1, -0.05) is 6.42 Å². The Bertz CT molecular complexity index is 1140. The van der Waals surface area contributed by atoms with E-state index in [1.165, 1.54) is 19.2 Å². The van der Waals surface area contributed by atoms with E-state index in [2.05, 4.69) is 26.8 Å². The normalized spacial score (nSPS) is 18.5. The van der Waals surface area contributed by atoms with Crippen LogP contribution in [0.15, 0.2) is 36.7 Å². The molecule has 0 N–H and O–H groups in total. The molecule has 3 heterocycles. The number of hydrogen-bond donors (Lipinski definition) is 0. The fourth-order valence-electron chi connectivity index (χ4n) is 4.44. The predicted molar refractivity (Wildman–Crippen MR) is 127 cm³/mol. The van der Waals surface area contributed by atoms with Gasteiger partial charge in [-0.2, -0.15) is 0 Å². The van der Waals surface area contributed by atoms with E-state index in [0.717, 1.165) is 41.9 Å². The van der Waals surface area contributed by atoms with Gasteiger partial charge < -0.3 is 28.7 Å². The first kappa shape index (κ1) is 21.6. The number of piperidine rings is 1. The van der Waals surface area contributed by atoms with E-state index in [9.17, 15) is 0 Å². The molecule has 1 saturated heterocycles. The van der Waals surface area contributed by atoms with Gasteiger partial charge in [0.15, 0.2) is 11.5 Å². The second-order valence-electron chi connectivity index (χ2n) is 8.64. The number of rotatable bonds is 6. The van der Waals surface area contributed by atoms with E-state index in [0.29, 0.717) is 42.4 Å². The first-order valence-electron chi connectivity index (χ1n) is 11.4. The smallest absolute Gasteiger partial charge is 0.230 e. The van der Waals surface area contributed by atoms with Crippen LogP contribution in [-0.4, -0.2) is 68.4 Å². The van der Waals surface area contributed by atoms with E-state index in [1.54, 1.807) is 7.11 Å². The summed E-state index contributed by atoms with van der Waals surface area (Å²) >= 11 is 0. The molecule has 2 aromatic carbocycles. The first-order chi connectivity index (χ1) is 16.1. The molecule has 0 radical (unpaired) electrons. The quantitative estimate of drug-likeness (QED) is 0.556. The maximum Gasteiger partial charge on any atom is 0.230 e. The molecule has 0 saturated carbocycles. The predicted octanol–water partition coefficient (Wildman–Crippen LogP) is 4.12. The number of aromatic nitrogens is 2. The van der Waals surface area contributed by atoms with Crippen LogP contribution in [0.2, 0.25) is 0 Å². The molecule has 1 unspecified atom stereocenters. The number of fused-ring (bicyclic) bond motifs is 2. The molecule has 2 aliphatic rings. The van der Waals surface area contributed by atoms with E-state index in [4.69, 9.17) is 18.9 Å². The van der Waals surface area contributed by atoms with Gasteiger partial charge >= 0.3 is 0 Å². The first-order valence-corrected chi connectivity index (χ1v) is 11.4. The highest BCUT2D eigenvalue weighted by atomic mass is 16.5. The van der Waals surface area contributed by atoms with Crippen LogP contribution in [0.1, 0.15) is 19.3 Å². The van der Waals surface area contributed by atoms with Gasteiger partial charge in [0.1, 0.15) is 31.0 Å². The lowest BCUT2D eigenvalue weighted by Gasteiger charge is -2.32. The van der Waals surface area contributed by atoms with Crippen LogP contribution in [-0.2, 0) is 0 Å². The van der Waals surface area contributed by atoms with E-state index in [-0.39, 0.29) is 0 Å². The fourth-order valence-corrected chi connectivity index (χ4v) is 4.44. The molecular formula is C25H30N4O4. The van der Waals surface area contributed by atoms with Crippen molar-refractivity contribution in [3.8, 4) is 28.9 Å². The van der Waals surface area contributed by atoms with E-state index >= 15 is 0 Å². The number of hydrogen-bond acceptors (Lipinski definition) is 8. The van der Waals surface area contributed by atoms with Crippen LogP contribution in [0, 0.1) is 0 Å². The molecule has 3 aromatic rings. The van der Waals surface area contributed by atoms with Crippen molar-refractivity contribution in [3.05, 3.63) is 36.7 Å². The lowest BCUT2D eigenvalue weighted by molar-refractivity contribution is 0.123. The molecule has 33 heavy (non-hydrogen) atoms. The standard InChI is InChI=1S/C25H30N4O4/c1-28-9-5-4-6-17(28)15-32-24-14-20-19(13-23(24)30-3)25(27-16-26-20)33-18-7-8-22-21(12-18)29(2)10-11-31-22/h7-8,12-14,16-17H,4-6,9-11,15H2,1-3H3. The van der Waals surface area contributed by atoms with Gasteiger partial charge in [-0.15, -0.1) is 0 Å². The van der Waals surface area contributed by atoms with Gasteiger partial charge in [0.25, 0.3) is 0 Å². The molecule has 0 aliphatic carbocycles. The third-order valence-corrected chi connectivity index (χ3v) is 6.48. The molecule has 0 bridgehead atoms. The Hall–Kier alpha value is -3.26. The van der Waals surface area contributed by atoms with E-state index < -0.39 is 0 Å². The average Bonchev–Trinajstić information content (AvgIpc) is 2.84.